The lowest BCUT2D eigenvalue weighted by Gasteiger charge is -2.37. The number of ether oxygens (including phenoxy) is 1. The molecule has 7 nitrogen and oxygen atoms in total. The highest BCUT2D eigenvalue weighted by Gasteiger charge is 2.39. The molecule has 0 bridgehead atoms. The number of nitrogens with one attached hydrogen (secondary N) is 1. The van der Waals surface area contributed by atoms with Gasteiger partial charge < -0.3 is 9.64 Å². The first-order valence-corrected chi connectivity index (χ1v) is 13.3. The van der Waals surface area contributed by atoms with E-state index in [0.29, 0.717) is 41.7 Å². The van der Waals surface area contributed by atoms with Crippen LogP contribution in [0.15, 0.2) is 12.1 Å². The number of hydrogen-bond donors (Lipinski definition) is 1. The fourth-order valence-electron chi connectivity index (χ4n) is 4.09. The molecule has 1 aromatic heterocycles. The van der Waals surface area contributed by atoms with Gasteiger partial charge in [0.2, 0.25) is 10.0 Å². The van der Waals surface area contributed by atoms with Crippen LogP contribution in [-0.4, -0.2) is 50.7 Å². The molecular weight excluding hydrogens is 540 g/mol. The van der Waals surface area contributed by atoms with Gasteiger partial charge in [-0.25, -0.2) is 13.1 Å². The number of alkyl halides is 3. The van der Waals surface area contributed by atoms with Gasteiger partial charge in [0.25, 0.3) is 0 Å². The summed E-state index contributed by atoms with van der Waals surface area (Å²) in [5.74, 6) is 0.321. The minimum Gasteiger partial charge on any atom is -0.495 e. The van der Waals surface area contributed by atoms with Crippen molar-refractivity contribution in [2.45, 2.75) is 38.5 Å². The van der Waals surface area contributed by atoms with Crippen molar-refractivity contribution in [3.05, 3.63) is 38.6 Å². The predicted molar refractivity (Wildman–Crippen MR) is 127 cm³/mol. The smallest absolute Gasteiger partial charge is 0.436 e. The lowest BCUT2D eigenvalue weighted by atomic mass is 9.89. The molecule has 2 aromatic rings. The van der Waals surface area contributed by atoms with Crippen molar-refractivity contribution in [2.24, 2.45) is 5.92 Å². The molecule has 1 fully saturated rings. The fourth-order valence-corrected chi connectivity index (χ4v) is 5.73. The molecule has 3 rings (SSSR count). The van der Waals surface area contributed by atoms with Crippen LogP contribution in [-0.2, 0) is 22.7 Å². The monoisotopic (exact) mass is 562 g/mol. The largest absolute Gasteiger partial charge is 0.495 e. The Kier molecular flexibility index (Phi) is 8.24. The molecule has 1 aromatic carbocycles. The van der Waals surface area contributed by atoms with E-state index in [9.17, 15) is 21.6 Å². The van der Waals surface area contributed by atoms with Crippen LogP contribution in [0.1, 0.15) is 24.2 Å². The normalized spacial score (nSPS) is 16.7. The third kappa shape index (κ3) is 6.23. The Labute approximate surface area is 211 Å². The third-order valence-electron chi connectivity index (χ3n) is 5.81. The summed E-state index contributed by atoms with van der Waals surface area (Å²) in [7, 11) is -2.14. The van der Waals surface area contributed by atoms with Crippen molar-refractivity contribution in [1.82, 2.24) is 14.5 Å². The van der Waals surface area contributed by atoms with E-state index in [1.54, 1.807) is 12.1 Å². The molecular formula is C20H24Cl3F3N4O3S. The molecule has 1 saturated heterocycles. The van der Waals surface area contributed by atoms with Crippen LogP contribution in [0.25, 0.3) is 0 Å². The number of sulfonamides is 1. The van der Waals surface area contributed by atoms with Crippen LogP contribution in [0.3, 0.4) is 0 Å². The van der Waals surface area contributed by atoms with Gasteiger partial charge in [-0.1, -0.05) is 34.8 Å². The van der Waals surface area contributed by atoms with Gasteiger partial charge in [0, 0.05) is 25.2 Å². The Morgan fingerprint density at radius 2 is 1.82 bits per heavy atom. The Balaban J connectivity index is 1.81. The van der Waals surface area contributed by atoms with Crippen molar-refractivity contribution in [3.8, 4) is 5.75 Å². The zero-order valence-corrected chi connectivity index (χ0v) is 21.7. The summed E-state index contributed by atoms with van der Waals surface area (Å²) in [6.45, 7) is 2.42. The first-order chi connectivity index (χ1) is 15.7. The van der Waals surface area contributed by atoms with Crippen LogP contribution >= 0.6 is 34.8 Å². The first kappa shape index (κ1) is 27.2. The van der Waals surface area contributed by atoms with Crippen LogP contribution in [0.2, 0.25) is 15.1 Å². The van der Waals surface area contributed by atoms with Crippen LogP contribution in [0.4, 0.5) is 18.9 Å². The number of nitrogens with zero attached hydrogens (tertiary/aromatic N) is 3. The summed E-state index contributed by atoms with van der Waals surface area (Å²) in [5.41, 5.74) is -0.337. The van der Waals surface area contributed by atoms with E-state index in [0.717, 1.165) is 16.6 Å². The van der Waals surface area contributed by atoms with E-state index in [-0.39, 0.29) is 18.2 Å². The van der Waals surface area contributed by atoms with Gasteiger partial charge in [-0.2, -0.15) is 18.3 Å². The van der Waals surface area contributed by atoms with Crippen molar-refractivity contribution in [3.63, 3.8) is 0 Å². The molecule has 0 saturated carbocycles. The molecule has 1 N–H and O–H groups in total. The molecule has 2 heterocycles. The number of halogens is 6. The van der Waals surface area contributed by atoms with Gasteiger partial charge in [0.1, 0.15) is 5.75 Å². The van der Waals surface area contributed by atoms with Crippen LogP contribution in [0.5, 0.6) is 5.75 Å². The van der Waals surface area contributed by atoms with E-state index < -0.39 is 33.0 Å². The molecule has 0 aliphatic carbocycles. The van der Waals surface area contributed by atoms with Crippen LogP contribution < -0.4 is 14.4 Å². The molecule has 1 aliphatic rings. The molecule has 1 aliphatic heterocycles. The van der Waals surface area contributed by atoms with Crippen molar-refractivity contribution in [1.29, 1.82) is 0 Å². The molecule has 0 spiro atoms. The maximum absolute atomic E-state index is 13.2. The number of hydrogen-bond acceptors (Lipinski definition) is 5. The summed E-state index contributed by atoms with van der Waals surface area (Å²) in [5, 5.41) is 3.96. The van der Waals surface area contributed by atoms with Crippen molar-refractivity contribution >= 4 is 50.5 Å². The van der Waals surface area contributed by atoms with Crippen molar-refractivity contribution < 1.29 is 26.3 Å². The third-order valence-corrected chi connectivity index (χ3v) is 7.59. The highest BCUT2D eigenvalue weighted by Crippen LogP contribution is 2.39. The summed E-state index contributed by atoms with van der Waals surface area (Å²) < 4.78 is 72.6. The van der Waals surface area contributed by atoms with Gasteiger partial charge in [0.15, 0.2) is 5.69 Å². The molecule has 1 unspecified atom stereocenters. The zero-order chi connectivity index (χ0) is 25.4. The standard InChI is InChI=1S/C20H24Cl3F3N4O3S/c1-11-18(23)19(20(24,25)26)27-30(11)10-15(28-34(3,31)32)12-4-6-29(7-5-12)16-9-17(33-2)14(22)8-13(16)21/h8-9,12,15,28H,4-7,10H2,1-3H3. The highest BCUT2D eigenvalue weighted by molar-refractivity contribution is 7.88. The number of rotatable bonds is 7. The zero-order valence-electron chi connectivity index (χ0n) is 18.6. The second kappa shape index (κ2) is 10.3. The van der Waals surface area contributed by atoms with E-state index in [4.69, 9.17) is 39.5 Å². The number of aromatic nitrogens is 2. The molecule has 0 amide bonds. The Morgan fingerprint density at radius 1 is 1.21 bits per heavy atom. The van der Waals surface area contributed by atoms with Crippen LogP contribution in [0, 0.1) is 12.8 Å². The summed E-state index contributed by atoms with van der Waals surface area (Å²) in [4.78, 5) is 2.03. The van der Waals surface area contributed by atoms with Gasteiger partial charge in [-0.3, -0.25) is 4.68 Å². The Hall–Kier alpha value is -1.40. The lowest BCUT2D eigenvalue weighted by molar-refractivity contribution is -0.141. The van der Waals surface area contributed by atoms with Gasteiger partial charge >= 0.3 is 6.18 Å². The molecule has 14 heteroatoms. The minimum absolute atomic E-state index is 0.0884. The first-order valence-electron chi connectivity index (χ1n) is 10.3. The average molecular weight is 564 g/mol. The summed E-state index contributed by atoms with van der Waals surface area (Å²) in [6.07, 6.45) is -2.57. The average Bonchev–Trinajstić information content (AvgIpc) is 3.01. The predicted octanol–water partition coefficient (Wildman–Crippen LogP) is 5.01. The number of benzene rings is 1. The molecule has 34 heavy (non-hydrogen) atoms. The van der Waals surface area contributed by atoms with E-state index >= 15 is 0 Å². The van der Waals surface area contributed by atoms with Gasteiger partial charge in [-0.15, -0.1) is 0 Å². The van der Waals surface area contributed by atoms with E-state index in [1.807, 2.05) is 4.90 Å². The van der Waals surface area contributed by atoms with E-state index in [1.165, 1.54) is 14.0 Å². The second-order valence-corrected chi connectivity index (χ2v) is 11.2. The van der Waals surface area contributed by atoms with Crippen molar-refractivity contribution in [2.75, 3.05) is 31.4 Å². The van der Waals surface area contributed by atoms with Gasteiger partial charge in [0.05, 0.1) is 46.4 Å². The minimum atomic E-state index is -4.71. The fraction of sp³-hybridized carbons (Fsp3) is 0.550. The lowest BCUT2D eigenvalue weighted by Crippen LogP contribution is -2.47. The SMILES string of the molecule is COc1cc(N2CCC(C(Cn3nc(C(F)(F)F)c(Cl)c3C)NS(C)(=O)=O)CC2)c(Cl)cc1Cl. The Bertz CT molecular complexity index is 1150. The Morgan fingerprint density at radius 3 is 2.32 bits per heavy atom. The summed E-state index contributed by atoms with van der Waals surface area (Å²) in [6, 6.07) is 2.66. The molecule has 190 valence electrons. The maximum Gasteiger partial charge on any atom is 0.436 e. The quantitative estimate of drug-likeness (QED) is 0.512. The topological polar surface area (TPSA) is 76.5 Å². The maximum atomic E-state index is 13.2. The van der Waals surface area contributed by atoms with E-state index in [2.05, 4.69) is 9.82 Å². The number of piperidine rings is 1. The highest BCUT2D eigenvalue weighted by atomic mass is 35.5. The second-order valence-electron chi connectivity index (χ2n) is 8.19. The molecule has 1 atom stereocenters. The number of anilines is 1. The molecule has 0 radical (unpaired) electrons. The van der Waals surface area contributed by atoms with Gasteiger partial charge in [-0.05, 0) is 31.7 Å². The number of methoxy groups -OCH3 is 1. The summed E-state index contributed by atoms with van der Waals surface area (Å²) >= 11 is 18.3.